The molecule has 0 aliphatic rings. The molecule has 0 amide bonds. The van der Waals surface area contributed by atoms with Crippen LogP contribution >= 0.6 is 11.8 Å². The van der Waals surface area contributed by atoms with Gasteiger partial charge in [-0.2, -0.15) is 0 Å². The van der Waals surface area contributed by atoms with Crippen molar-refractivity contribution >= 4 is 17.4 Å². The Kier molecular flexibility index (Phi) is 4.20. The fourth-order valence-corrected chi connectivity index (χ4v) is 2.72. The van der Waals surface area contributed by atoms with Gasteiger partial charge in [-0.1, -0.05) is 30.3 Å². The van der Waals surface area contributed by atoms with Crippen LogP contribution in [0.4, 0.5) is 5.69 Å². The molecule has 0 aliphatic heterocycles. The summed E-state index contributed by atoms with van der Waals surface area (Å²) in [5.74, 6) is 1.74. The van der Waals surface area contributed by atoms with Gasteiger partial charge in [-0.05, 0) is 12.1 Å². The van der Waals surface area contributed by atoms with Crippen LogP contribution in [0.25, 0.3) is 11.3 Å². The number of oxazole rings is 1. The Morgan fingerprint density at radius 3 is 2.73 bits per heavy atom. The first-order valence-electron chi connectivity index (χ1n) is 6.60. The maximum absolute atomic E-state index is 10.8. The highest BCUT2D eigenvalue weighted by molar-refractivity contribution is 7.98. The molecule has 3 aromatic rings. The third kappa shape index (κ3) is 3.35. The molecule has 0 aliphatic carbocycles. The maximum Gasteiger partial charge on any atom is 0.270 e. The molecule has 3 rings (SSSR count). The first kappa shape index (κ1) is 14.3. The van der Waals surface area contributed by atoms with Gasteiger partial charge in [-0.25, -0.2) is 4.98 Å². The van der Waals surface area contributed by atoms with Crippen molar-refractivity contribution in [3.8, 4) is 11.3 Å². The second-order valence-corrected chi connectivity index (χ2v) is 5.58. The molecule has 2 aromatic carbocycles. The molecular formula is C16H12N2O3S. The van der Waals surface area contributed by atoms with Gasteiger partial charge in [0.15, 0.2) is 5.76 Å². The van der Waals surface area contributed by atoms with Gasteiger partial charge in [0, 0.05) is 22.6 Å². The number of benzene rings is 2. The number of aromatic nitrogens is 1. The van der Waals surface area contributed by atoms with Gasteiger partial charge in [0.2, 0.25) is 5.89 Å². The Balaban J connectivity index is 1.73. The molecule has 5 nitrogen and oxygen atoms in total. The highest BCUT2D eigenvalue weighted by Crippen LogP contribution is 2.27. The maximum atomic E-state index is 10.8. The van der Waals surface area contributed by atoms with Crippen LogP contribution in [0.15, 0.2) is 70.1 Å². The molecule has 0 unspecified atom stereocenters. The van der Waals surface area contributed by atoms with E-state index >= 15 is 0 Å². The molecule has 1 aromatic heterocycles. The van der Waals surface area contributed by atoms with E-state index in [1.807, 2.05) is 30.3 Å². The van der Waals surface area contributed by atoms with E-state index in [0.717, 1.165) is 4.90 Å². The van der Waals surface area contributed by atoms with E-state index in [1.165, 1.54) is 12.1 Å². The normalized spacial score (nSPS) is 10.5. The van der Waals surface area contributed by atoms with Crippen molar-refractivity contribution in [2.24, 2.45) is 0 Å². The predicted molar refractivity (Wildman–Crippen MR) is 84.6 cm³/mol. The Morgan fingerprint density at radius 1 is 1.14 bits per heavy atom. The summed E-state index contributed by atoms with van der Waals surface area (Å²) in [7, 11) is 0. The summed E-state index contributed by atoms with van der Waals surface area (Å²) in [5.41, 5.74) is 0.687. The number of hydrogen-bond donors (Lipinski definition) is 0. The highest BCUT2D eigenvalue weighted by Gasteiger charge is 2.11. The minimum Gasteiger partial charge on any atom is -0.440 e. The number of thioether (sulfide) groups is 1. The van der Waals surface area contributed by atoms with E-state index in [0.29, 0.717) is 23.0 Å². The summed E-state index contributed by atoms with van der Waals surface area (Å²) in [4.78, 5) is 15.7. The molecule has 0 saturated heterocycles. The van der Waals surface area contributed by atoms with Crippen LogP contribution < -0.4 is 0 Å². The second kappa shape index (κ2) is 6.44. The first-order valence-corrected chi connectivity index (χ1v) is 7.58. The summed E-state index contributed by atoms with van der Waals surface area (Å²) in [6.07, 6.45) is 1.60. The Bertz CT molecular complexity index is 787. The van der Waals surface area contributed by atoms with Crippen LogP contribution in [0.2, 0.25) is 0 Å². The van der Waals surface area contributed by atoms with Gasteiger partial charge >= 0.3 is 0 Å². The summed E-state index contributed by atoms with van der Waals surface area (Å²) in [6, 6.07) is 16.3. The van der Waals surface area contributed by atoms with E-state index in [4.69, 9.17) is 4.42 Å². The Morgan fingerprint density at radius 2 is 1.95 bits per heavy atom. The van der Waals surface area contributed by atoms with Crippen molar-refractivity contribution in [1.29, 1.82) is 0 Å². The molecule has 0 radical (unpaired) electrons. The largest absolute Gasteiger partial charge is 0.440 e. The molecular weight excluding hydrogens is 300 g/mol. The topological polar surface area (TPSA) is 69.2 Å². The van der Waals surface area contributed by atoms with E-state index in [-0.39, 0.29) is 5.69 Å². The predicted octanol–water partition coefficient (Wildman–Crippen LogP) is 4.54. The minimum absolute atomic E-state index is 0.0362. The summed E-state index contributed by atoms with van der Waals surface area (Å²) in [6.45, 7) is 0. The van der Waals surface area contributed by atoms with Gasteiger partial charge in [-0.3, -0.25) is 10.1 Å². The molecule has 6 heteroatoms. The number of non-ortho nitro benzene ring substituents is 1. The standard InChI is InChI=1S/C16H12N2O3S/c19-18(20)13-6-4-5-12(9-13)15-10-17-16(21-15)11-22-14-7-2-1-3-8-14/h1-10H,11H2. The van der Waals surface area contributed by atoms with Crippen LogP contribution in [0, 0.1) is 10.1 Å². The summed E-state index contributed by atoms with van der Waals surface area (Å²) >= 11 is 1.63. The lowest BCUT2D eigenvalue weighted by atomic mass is 10.2. The molecule has 0 N–H and O–H groups in total. The van der Waals surface area contributed by atoms with Gasteiger partial charge < -0.3 is 4.42 Å². The molecule has 0 atom stereocenters. The van der Waals surface area contributed by atoms with E-state index in [9.17, 15) is 10.1 Å². The number of nitrogens with zero attached hydrogens (tertiary/aromatic N) is 2. The molecule has 110 valence electrons. The van der Waals surface area contributed by atoms with Crippen LogP contribution in [0.3, 0.4) is 0 Å². The van der Waals surface area contributed by atoms with Gasteiger partial charge in [0.1, 0.15) is 0 Å². The van der Waals surface area contributed by atoms with Gasteiger partial charge in [0.25, 0.3) is 5.69 Å². The number of hydrogen-bond acceptors (Lipinski definition) is 5. The summed E-state index contributed by atoms with van der Waals surface area (Å²) in [5, 5.41) is 10.8. The number of nitro groups is 1. The number of nitro benzene ring substituents is 1. The quantitative estimate of drug-likeness (QED) is 0.393. The van der Waals surface area contributed by atoms with Crippen molar-refractivity contribution in [1.82, 2.24) is 4.98 Å². The SMILES string of the molecule is O=[N+]([O-])c1cccc(-c2cnc(CSc3ccccc3)o2)c1. The monoisotopic (exact) mass is 312 g/mol. The first-order chi connectivity index (χ1) is 10.7. The average Bonchev–Trinajstić information content (AvgIpc) is 3.03. The summed E-state index contributed by atoms with van der Waals surface area (Å²) < 4.78 is 5.67. The average molecular weight is 312 g/mol. The fraction of sp³-hybridized carbons (Fsp3) is 0.0625. The fourth-order valence-electron chi connectivity index (χ4n) is 1.94. The van der Waals surface area contributed by atoms with Crippen LogP contribution in [-0.4, -0.2) is 9.91 Å². The minimum atomic E-state index is -0.425. The van der Waals surface area contributed by atoms with E-state index in [2.05, 4.69) is 4.98 Å². The van der Waals surface area contributed by atoms with Crippen molar-refractivity contribution in [3.05, 3.63) is 76.8 Å². The second-order valence-electron chi connectivity index (χ2n) is 4.53. The smallest absolute Gasteiger partial charge is 0.270 e. The van der Waals surface area contributed by atoms with E-state index < -0.39 is 4.92 Å². The van der Waals surface area contributed by atoms with Crippen molar-refractivity contribution in [2.75, 3.05) is 0 Å². The zero-order valence-electron chi connectivity index (χ0n) is 11.5. The van der Waals surface area contributed by atoms with Crippen molar-refractivity contribution in [2.45, 2.75) is 10.6 Å². The highest BCUT2D eigenvalue weighted by atomic mass is 32.2. The lowest BCUT2D eigenvalue weighted by Gasteiger charge is -1.98. The van der Waals surface area contributed by atoms with Gasteiger partial charge in [0.05, 0.1) is 16.9 Å². The molecule has 22 heavy (non-hydrogen) atoms. The molecule has 0 bridgehead atoms. The van der Waals surface area contributed by atoms with Crippen molar-refractivity contribution < 1.29 is 9.34 Å². The Hall–Kier alpha value is -2.60. The molecule has 0 saturated carbocycles. The van der Waals surface area contributed by atoms with Crippen LogP contribution in [0.5, 0.6) is 0 Å². The molecule has 0 fully saturated rings. The Labute approximate surface area is 131 Å². The zero-order valence-corrected chi connectivity index (χ0v) is 12.3. The van der Waals surface area contributed by atoms with Crippen LogP contribution in [0.1, 0.15) is 5.89 Å². The lowest BCUT2D eigenvalue weighted by molar-refractivity contribution is -0.384. The van der Waals surface area contributed by atoms with E-state index in [1.54, 1.807) is 30.1 Å². The molecule has 0 spiro atoms. The third-order valence-corrected chi connectivity index (χ3v) is 4.00. The molecule has 1 heterocycles. The lowest BCUT2D eigenvalue weighted by Crippen LogP contribution is -1.87. The third-order valence-electron chi connectivity index (χ3n) is 3.00. The zero-order chi connectivity index (χ0) is 15.4. The van der Waals surface area contributed by atoms with Gasteiger partial charge in [-0.15, -0.1) is 11.8 Å². The number of rotatable bonds is 5. The van der Waals surface area contributed by atoms with Crippen molar-refractivity contribution in [3.63, 3.8) is 0 Å². The van der Waals surface area contributed by atoms with Crippen LogP contribution in [-0.2, 0) is 5.75 Å².